The number of carbonyl (C=O) groups is 1. The average molecular weight is 325 g/mol. The van der Waals surface area contributed by atoms with Gasteiger partial charge in [0.15, 0.2) is 0 Å². The smallest absolute Gasteiger partial charge is 0.227 e. The summed E-state index contributed by atoms with van der Waals surface area (Å²) in [5.74, 6) is 0.0585. The van der Waals surface area contributed by atoms with E-state index < -0.39 is 0 Å². The van der Waals surface area contributed by atoms with Gasteiger partial charge in [0.05, 0.1) is 11.9 Å². The molecule has 0 unspecified atom stereocenters. The first-order valence-electron chi connectivity index (χ1n) is 7.44. The highest BCUT2D eigenvalue weighted by Crippen LogP contribution is 2.18. The Labute approximate surface area is 140 Å². The molecule has 0 bridgehead atoms. The summed E-state index contributed by atoms with van der Waals surface area (Å²) >= 11 is 5.99. The molecule has 0 aliphatic rings. The number of fused-ring (bicyclic) bond motifs is 1. The third-order valence-electron chi connectivity index (χ3n) is 3.79. The van der Waals surface area contributed by atoms with Crippen molar-refractivity contribution in [3.8, 4) is 0 Å². The molecule has 0 aliphatic carbocycles. The van der Waals surface area contributed by atoms with Crippen LogP contribution in [-0.2, 0) is 17.8 Å². The number of hydrogen-bond acceptors (Lipinski definition) is 2. The standard InChI is InChI=1S/C19H17ClN2O/c1-22(13-14-5-2-9-17(20)11-14)18(23)12-16-7-3-6-15-8-4-10-21-19(15)16/h2-11H,12-13H2,1H3. The molecule has 4 heteroatoms. The molecule has 116 valence electrons. The van der Waals surface area contributed by atoms with E-state index in [9.17, 15) is 4.79 Å². The van der Waals surface area contributed by atoms with Gasteiger partial charge in [-0.1, -0.05) is 48.0 Å². The lowest BCUT2D eigenvalue weighted by Gasteiger charge is -2.18. The van der Waals surface area contributed by atoms with Crippen molar-refractivity contribution in [3.05, 3.63) is 76.9 Å². The maximum absolute atomic E-state index is 12.5. The SMILES string of the molecule is CN(Cc1cccc(Cl)c1)C(=O)Cc1cccc2cccnc12. The van der Waals surface area contributed by atoms with Crippen molar-refractivity contribution in [1.82, 2.24) is 9.88 Å². The summed E-state index contributed by atoms with van der Waals surface area (Å²) in [6.07, 6.45) is 2.09. The number of carbonyl (C=O) groups excluding carboxylic acids is 1. The molecule has 3 nitrogen and oxygen atoms in total. The third-order valence-corrected chi connectivity index (χ3v) is 4.03. The predicted molar refractivity (Wildman–Crippen MR) is 93.4 cm³/mol. The van der Waals surface area contributed by atoms with E-state index in [0.717, 1.165) is 22.0 Å². The van der Waals surface area contributed by atoms with Crippen LogP contribution in [-0.4, -0.2) is 22.8 Å². The number of rotatable bonds is 4. The van der Waals surface area contributed by atoms with Crippen molar-refractivity contribution < 1.29 is 4.79 Å². The molecule has 3 aromatic rings. The van der Waals surface area contributed by atoms with Crippen LogP contribution in [0.15, 0.2) is 60.8 Å². The quantitative estimate of drug-likeness (QED) is 0.724. The van der Waals surface area contributed by atoms with Crippen molar-refractivity contribution in [1.29, 1.82) is 0 Å². The van der Waals surface area contributed by atoms with Gasteiger partial charge in [0.2, 0.25) is 5.91 Å². The van der Waals surface area contributed by atoms with Gasteiger partial charge in [-0.15, -0.1) is 0 Å². The van der Waals surface area contributed by atoms with E-state index in [2.05, 4.69) is 4.98 Å². The third kappa shape index (κ3) is 3.69. The fraction of sp³-hybridized carbons (Fsp3) is 0.158. The summed E-state index contributed by atoms with van der Waals surface area (Å²) in [7, 11) is 1.81. The molecule has 1 aromatic heterocycles. The number of pyridine rings is 1. The highest BCUT2D eigenvalue weighted by Gasteiger charge is 2.12. The summed E-state index contributed by atoms with van der Waals surface area (Å²) in [5.41, 5.74) is 2.86. The zero-order valence-corrected chi connectivity index (χ0v) is 13.6. The van der Waals surface area contributed by atoms with Gasteiger partial charge in [0, 0.05) is 30.2 Å². The molecular weight excluding hydrogens is 308 g/mol. The van der Waals surface area contributed by atoms with Gasteiger partial charge in [-0.25, -0.2) is 0 Å². The second-order valence-corrected chi connectivity index (χ2v) is 5.99. The van der Waals surface area contributed by atoms with E-state index in [4.69, 9.17) is 11.6 Å². The molecule has 0 radical (unpaired) electrons. The van der Waals surface area contributed by atoms with E-state index in [-0.39, 0.29) is 5.91 Å². The Morgan fingerprint density at radius 1 is 1.13 bits per heavy atom. The number of aromatic nitrogens is 1. The fourth-order valence-corrected chi connectivity index (χ4v) is 2.82. The van der Waals surface area contributed by atoms with Crippen LogP contribution in [0.5, 0.6) is 0 Å². The second kappa shape index (κ2) is 6.80. The summed E-state index contributed by atoms with van der Waals surface area (Å²) < 4.78 is 0. The van der Waals surface area contributed by atoms with Crippen LogP contribution < -0.4 is 0 Å². The second-order valence-electron chi connectivity index (χ2n) is 5.55. The van der Waals surface area contributed by atoms with Crippen LogP contribution in [0.25, 0.3) is 10.9 Å². The van der Waals surface area contributed by atoms with E-state index >= 15 is 0 Å². The van der Waals surface area contributed by atoms with Crippen molar-refractivity contribution in [2.24, 2.45) is 0 Å². The van der Waals surface area contributed by atoms with Crippen LogP contribution in [0.4, 0.5) is 0 Å². The van der Waals surface area contributed by atoms with E-state index in [1.807, 2.05) is 61.6 Å². The number of benzene rings is 2. The molecular formula is C19H17ClN2O. The molecule has 2 aromatic carbocycles. The minimum atomic E-state index is 0.0585. The van der Waals surface area contributed by atoms with Gasteiger partial charge in [0.1, 0.15) is 0 Å². The number of hydrogen-bond donors (Lipinski definition) is 0. The maximum atomic E-state index is 12.5. The van der Waals surface area contributed by atoms with Crippen molar-refractivity contribution in [2.75, 3.05) is 7.05 Å². The van der Waals surface area contributed by atoms with Crippen LogP contribution in [0, 0.1) is 0 Å². The Hall–Kier alpha value is -2.39. The van der Waals surface area contributed by atoms with E-state index in [1.54, 1.807) is 11.1 Å². The van der Waals surface area contributed by atoms with Gasteiger partial charge in [-0.2, -0.15) is 0 Å². The lowest BCUT2D eigenvalue weighted by atomic mass is 10.1. The molecule has 0 fully saturated rings. The van der Waals surface area contributed by atoms with Crippen LogP contribution in [0.3, 0.4) is 0 Å². The minimum absolute atomic E-state index is 0.0585. The van der Waals surface area contributed by atoms with Gasteiger partial charge < -0.3 is 4.90 Å². The zero-order valence-electron chi connectivity index (χ0n) is 12.9. The Kier molecular flexibility index (Phi) is 4.58. The first-order valence-corrected chi connectivity index (χ1v) is 7.82. The van der Waals surface area contributed by atoms with E-state index in [0.29, 0.717) is 18.0 Å². The van der Waals surface area contributed by atoms with Crippen molar-refractivity contribution in [2.45, 2.75) is 13.0 Å². The minimum Gasteiger partial charge on any atom is -0.341 e. The fourth-order valence-electron chi connectivity index (χ4n) is 2.61. The number of nitrogens with zero attached hydrogens (tertiary/aromatic N) is 2. The first-order chi connectivity index (χ1) is 11.1. The largest absolute Gasteiger partial charge is 0.341 e. The molecule has 23 heavy (non-hydrogen) atoms. The zero-order chi connectivity index (χ0) is 16.2. The molecule has 3 rings (SSSR count). The van der Waals surface area contributed by atoms with Crippen LogP contribution >= 0.6 is 11.6 Å². The first kappa shape index (κ1) is 15.5. The summed E-state index contributed by atoms with van der Waals surface area (Å²) in [5, 5.41) is 1.73. The van der Waals surface area contributed by atoms with Gasteiger partial charge in [-0.05, 0) is 29.3 Å². The number of amides is 1. The van der Waals surface area contributed by atoms with Crippen LogP contribution in [0.2, 0.25) is 5.02 Å². The van der Waals surface area contributed by atoms with Gasteiger partial charge in [0.25, 0.3) is 0 Å². The van der Waals surface area contributed by atoms with E-state index in [1.165, 1.54) is 0 Å². The Morgan fingerprint density at radius 3 is 2.74 bits per heavy atom. The highest BCUT2D eigenvalue weighted by molar-refractivity contribution is 6.30. The number of halogens is 1. The highest BCUT2D eigenvalue weighted by atomic mass is 35.5. The number of likely N-dealkylation sites (N-methyl/N-ethyl adjacent to an activating group) is 1. The Bertz CT molecular complexity index is 842. The van der Waals surface area contributed by atoms with Gasteiger partial charge >= 0.3 is 0 Å². The van der Waals surface area contributed by atoms with Crippen LogP contribution in [0.1, 0.15) is 11.1 Å². The summed E-state index contributed by atoms with van der Waals surface area (Å²) in [6, 6.07) is 17.4. The molecule has 0 spiro atoms. The molecule has 0 N–H and O–H groups in total. The lowest BCUT2D eigenvalue weighted by Crippen LogP contribution is -2.27. The monoisotopic (exact) mass is 324 g/mol. The summed E-state index contributed by atoms with van der Waals surface area (Å²) in [4.78, 5) is 18.6. The van der Waals surface area contributed by atoms with Crippen molar-refractivity contribution >= 4 is 28.4 Å². The molecule has 0 saturated heterocycles. The maximum Gasteiger partial charge on any atom is 0.227 e. The summed E-state index contributed by atoms with van der Waals surface area (Å²) in [6.45, 7) is 0.539. The molecule has 0 atom stereocenters. The van der Waals surface area contributed by atoms with Crippen molar-refractivity contribution in [3.63, 3.8) is 0 Å². The lowest BCUT2D eigenvalue weighted by molar-refractivity contribution is -0.129. The molecule has 0 saturated carbocycles. The Balaban J connectivity index is 1.75. The average Bonchev–Trinajstić information content (AvgIpc) is 2.55. The number of para-hydroxylation sites is 1. The normalized spacial score (nSPS) is 10.7. The molecule has 0 aliphatic heterocycles. The topological polar surface area (TPSA) is 33.2 Å². The predicted octanol–water partition coefficient (Wildman–Crippen LogP) is 4.09. The molecule has 1 amide bonds. The molecule has 1 heterocycles. The van der Waals surface area contributed by atoms with Gasteiger partial charge in [-0.3, -0.25) is 9.78 Å². The Morgan fingerprint density at radius 2 is 1.91 bits per heavy atom.